The molecule has 16 heavy (non-hydrogen) atoms. The highest BCUT2D eigenvalue weighted by molar-refractivity contribution is 5.41. The molecule has 1 aromatic heterocycles. The second-order valence-corrected chi connectivity index (χ2v) is 2.66. The molecule has 0 fully saturated rings. The number of hydrogen-bond acceptors (Lipinski definition) is 4. The average molecular weight is 241 g/mol. The Morgan fingerprint density at radius 1 is 1.38 bits per heavy atom. The molecule has 1 aromatic rings. The zero-order valence-electron chi connectivity index (χ0n) is 8.01. The van der Waals surface area contributed by atoms with E-state index < -0.39 is 36.1 Å². The summed E-state index contributed by atoms with van der Waals surface area (Å²) in [6.07, 6.45) is -4.99. The summed E-state index contributed by atoms with van der Waals surface area (Å²) in [7, 11) is 1.09. The number of pyridine rings is 1. The van der Waals surface area contributed by atoms with Crippen molar-refractivity contribution in [2.75, 3.05) is 7.11 Å². The fourth-order valence-corrected chi connectivity index (χ4v) is 0.954. The van der Waals surface area contributed by atoms with Gasteiger partial charge in [0, 0.05) is 5.56 Å². The van der Waals surface area contributed by atoms with Crippen molar-refractivity contribution in [3.63, 3.8) is 0 Å². The van der Waals surface area contributed by atoms with Gasteiger partial charge in [-0.3, -0.25) is 0 Å². The van der Waals surface area contributed by atoms with Crippen molar-refractivity contribution < 1.29 is 32.1 Å². The Morgan fingerprint density at radius 3 is 2.44 bits per heavy atom. The molecule has 1 rings (SSSR count). The maximum Gasteiger partial charge on any atom is 0.574 e. The Hall–Kier alpha value is -1.73. The molecule has 0 spiro atoms. The standard InChI is InChI=1S/C8H7F4NO3/c1-15-7-5(14)2-4(3-9)6(13-7)16-8(10,11)12/h2,14H,3H2,1H3. The maximum absolute atomic E-state index is 12.3. The molecule has 0 radical (unpaired) electrons. The summed E-state index contributed by atoms with van der Waals surface area (Å²) in [5.74, 6) is -2.02. The van der Waals surface area contributed by atoms with Gasteiger partial charge in [-0.1, -0.05) is 0 Å². The van der Waals surface area contributed by atoms with E-state index in [1.807, 2.05) is 0 Å². The minimum Gasteiger partial charge on any atom is -0.503 e. The Labute approximate surface area is 87.4 Å². The SMILES string of the molecule is COc1nc(OC(F)(F)F)c(CF)cc1O. The number of methoxy groups -OCH3 is 1. The van der Waals surface area contributed by atoms with Crippen LogP contribution in [0, 0.1) is 0 Å². The zero-order chi connectivity index (χ0) is 12.3. The third-order valence-electron chi connectivity index (χ3n) is 1.56. The Balaban J connectivity index is 3.15. The van der Waals surface area contributed by atoms with Gasteiger partial charge in [0.2, 0.25) is 5.88 Å². The molecule has 0 aliphatic carbocycles. The molecule has 1 heterocycles. The van der Waals surface area contributed by atoms with Crippen molar-refractivity contribution in [1.82, 2.24) is 4.98 Å². The number of nitrogens with zero attached hydrogens (tertiary/aromatic N) is 1. The fraction of sp³-hybridized carbons (Fsp3) is 0.375. The van der Waals surface area contributed by atoms with Crippen LogP contribution < -0.4 is 9.47 Å². The quantitative estimate of drug-likeness (QED) is 0.824. The maximum atomic E-state index is 12.3. The summed E-state index contributed by atoms with van der Waals surface area (Å²) in [5, 5.41) is 9.15. The van der Waals surface area contributed by atoms with Crippen LogP contribution in [0.4, 0.5) is 17.6 Å². The van der Waals surface area contributed by atoms with Gasteiger partial charge >= 0.3 is 6.36 Å². The van der Waals surface area contributed by atoms with E-state index in [0.29, 0.717) is 0 Å². The molecule has 4 nitrogen and oxygen atoms in total. The normalized spacial score (nSPS) is 11.3. The highest BCUT2D eigenvalue weighted by atomic mass is 19.4. The molecule has 0 atom stereocenters. The number of aromatic nitrogens is 1. The molecule has 90 valence electrons. The predicted octanol–water partition coefficient (Wildman–Crippen LogP) is 2.16. The minimum absolute atomic E-state index is 0.476. The second kappa shape index (κ2) is 4.42. The first-order valence-electron chi connectivity index (χ1n) is 3.96. The summed E-state index contributed by atoms with van der Waals surface area (Å²) >= 11 is 0. The zero-order valence-corrected chi connectivity index (χ0v) is 8.01. The van der Waals surface area contributed by atoms with Gasteiger partial charge in [-0.15, -0.1) is 13.2 Å². The van der Waals surface area contributed by atoms with Crippen molar-refractivity contribution in [3.05, 3.63) is 11.6 Å². The molecule has 0 amide bonds. The van der Waals surface area contributed by atoms with Crippen LogP contribution in [0.25, 0.3) is 0 Å². The lowest BCUT2D eigenvalue weighted by Gasteiger charge is -2.12. The van der Waals surface area contributed by atoms with Crippen molar-refractivity contribution >= 4 is 0 Å². The topological polar surface area (TPSA) is 51.6 Å². The van der Waals surface area contributed by atoms with Crippen molar-refractivity contribution in [2.45, 2.75) is 13.0 Å². The van der Waals surface area contributed by atoms with Crippen LogP contribution >= 0.6 is 0 Å². The summed E-state index contributed by atoms with van der Waals surface area (Å²) < 4.78 is 56.0. The molecule has 8 heteroatoms. The van der Waals surface area contributed by atoms with Gasteiger partial charge in [0.1, 0.15) is 6.67 Å². The fourth-order valence-electron chi connectivity index (χ4n) is 0.954. The number of hydrogen-bond donors (Lipinski definition) is 1. The summed E-state index contributed by atoms with van der Waals surface area (Å²) in [4.78, 5) is 3.19. The minimum atomic E-state index is -4.99. The van der Waals surface area contributed by atoms with Crippen molar-refractivity contribution in [3.8, 4) is 17.5 Å². The molecule has 0 aromatic carbocycles. The van der Waals surface area contributed by atoms with Gasteiger partial charge < -0.3 is 14.6 Å². The van der Waals surface area contributed by atoms with Gasteiger partial charge in [0.25, 0.3) is 5.88 Å². The molecule has 0 aliphatic rings. The van der Waals surface area contributed by atoms with Gasteiger partial charge in [-0.05, 0) is 6.07 Å². The highest BCUT2D eigenvalue weighted by Crippen LogP contribution is 2.33. The summed E-state index contributed by atoms with van der Waals surface area (Å²) in [6.45, 7) is -1.25. The molecular weight excluding hydrogens is 234 g/mol. The first-order valence-corrected chi connectivity index (χ1v) is 3.96. The van der Waals surface area contributed by atoms with Crippen LogP contribution in [0.15, 0.2) is 6.07 Å². The third-order valence-corrected chi connectivity index (χ3v) is 1.56. The highest BCUT2D eigenvalue weighted by Gasteiger charge is 2.33. The number of halogens is 4. The molecular formula is C8H7F4NO3. The van der Waals surface area contributed by atoms with Gasteiger partial charge in [0.15, 0.2) is 5.75 Å². The van der Waals surface area contributed by atoms with Gasteiger partial charge in [-0.2, -0.15) is 4.98 Å². The molecule has 0 aliphatic heterocycles. The molecule has 0 bridgehead atoms. The van der Waals surface area contributed by atoms with Crippen LogP contribution in [0.1, 0.15) is 5.56 Å². The number of alkyl halides is 4. The van der Waals surface area contributed by atoms with Crippen LogP contribution in [0.3, 0.4) is 0 Å². The van der Waals surface area contributed by atoms with E-state index in [2.05, 4.69) is 14.5 Å². The molecule has 0 saturated heterocycles. The van der Waals surface area contributed by atoms with E-state index >= 15 is 0 Å². The lowest BCUT2D eigenvalue weighted by molar-refractivity contribution is -0.276. The average Bonchev–Trinajstić information content (AvgIpc) is 2.18. The van der Waals surface area contributed by atoms with Gasteiger partial charge in [0.05, 0.1) is 7.11 Å². The summed E-state index contributed by atoms with van der Waals surface area (Å²) in [6, 6.07) is 0.757. The van der Waals surface area contributed by atoms with Crippen molar-refractivity contribution in [2.24, 2.45) is 0 Å². The number of ether oxygens (including phenoxy) is 2. The Kier molecular flexibility index (Phi) is 3.41. The van der Waals surface area contributed by atoms with Gasteiger partial charge in [-0.25, -0.2) is 4.39 Å². The smallest absolute Gasteiger partial charge is 0.503 e. The van der Waals surface area contributed by atoms with E-state index in [1.165, 1.54) is 0 Å². The van der Waals surface area contributed by atoms with E-state index in [9.17, 15) is 17.6 Å². The van der Waals surface area contributed by atoms with E-state index in [-0.39, 0.29) is 0 Å². The largest absolute Gasteiger partial charge is 0.574 e. The first-order chi connectivity index (χ1) is 7.37. The molecule has 0 unspecified atom stereocenters. The first kappa shape index (κ1) is 12.3. The number of rotatable bonds is 3. The summed E-state index contributed by atoms with van der Waals surface area (Å²) in [5.41, 5.74) is -0.518. The lowest BCUT2D eigenvalue weighted by atomic mass is 10.3. The Bertz CT molecular complexity index is 380. The second-order valence-electron chi connectivity index (χ2n) is 2.66. The van der Waals surface area contributed by atoms with Crippen LogP contribution in [-0.4, -0.2) is 23.6 Å². The van der Waals surface area contributed by atoms with Crippen LogP contribution in [0.2, 0.25) is 0 Å². The molecule has 1 N–H and O–H groups in total. The van der Waals surface area contributed by atoms with E-state index in [0.717, 1.165) is 13.2 Å². The number of aromatic hydroxyl groups is 1. The monoisotopic (exact) mass is 241 g/mol. The van der Waals surface area contributed by atoms with Crippen molar-refractivity contribution in [1.29, 1.82) is 0 Å². The van der Waals surface area contributed by atoms with Crippen LogP contribution in [-0.2, 0) is 6.67 Å². The Morgan fingerprint density at radius 2 is 2.00 bits per heavy atom. The van der Waals surface area contributed by atoms with E-state index in [4.69, 9.17) is 5.11 Å². The third kappa shape index (κ3) is 2.88. The predicted molar refractivity (Wildman–Crippen MR) is 43.9 cm³/mol. The van der Waals surface area contributed by atoms with Crippen LogP contribution in [0.5, 0.6) is 17.5 Å². The van der Waals surface area contributed by atoms with E-state index in [1.54, 1.807) is 0 Å². The lowest BCUT2D eigenvalue weighted by Crippen LogP contribution is -2.19. The molecule has 0 saturated carbocycles.